The Bertz CT molecular complexity index is 440. The average Bonchev–Trinajstić information content (AvgIpc) is 2.85. The van der Waals surface area contributed by atoms with Crippen molar-refractivity contribution in [2.75, 3.05) is 7.11 Å². The minimum absolute atomic E-state index is 0.651. The average molecular weight is 231 g/mol. The Morgan fingerprint density at radius 1 is 1.24 bits per heavy atom. The molecule has 90 valence electrons. The first-order valence-corrected chi connectivity index (χ1v) is 5.65. The summed E-state index contributed by atoms with van der Waals surface area (Å²) in [6.45, 7) is 2.22. The molecule has 0 amide bonds. The van der Waals surface area contributed by atoms with E-state index in [0.717, 1.165) is 18.9 Å². The largest absolute Gasteiger partial charge is 0.380 e. The molecule has 2 N–H and O–H groups in total. The molecule has 0 radical (unpaired) electrons. The number of hydrogen-bond acceptors (Lipinski definition) is 3. The molecule has 0 spiro atoms. The van der Waals surface area contributed by atoms with E-state index in [4.69, 9.17) is 4.74 Å². The van der Waals surface area contributed by atoms with E-state index < -0.39 is 0 Å². The molecule has 1 heterocycles. The predicted octanol–water partition coefficient (Wildman–Crippen LogP) is 1.85. The van der Waals surface area contributed by atoms with Gasteiger partial charge in [0.25, 0.3) is 0 Å². The summed E-state index contributed by atoms with van der Waals surface area (Å²) in [5.41, 5.74) is 2.49. The van der Waals surface area contributed by atoms with E-state index >= 15 is 0 Å². The number of hydrogen-bond donors (Lipinski definition) is 2. The lowest BCUT2D eigenvalue weighted by Gasteiger charge is -2.09. The van der Waals surface area contributed by atoms with Crippen LogP contribution in [0.2, 0.25) is 0 Å². The summed E-state index contributed by atoms with van der Waals surface area (Å²) in [5, 5.41) is 3.35. The molecule has 0 unspecified atom stereocenters. The van der Waals surface area contributed by atoms with Crippen LogP contribution < -0.4 is 5.32 Å². The third-order valence-electron chi connectivity index (χ3n) is 2.58. The van der Waals surface area contributed by atoms with E-state index in [1.807, 2.05) is 18.3 Å². The minimum atomic E-state index is 0.651. The number of rotatable bonds is 6. The number of imidazole rings is 1. The van der Waals surface area contributed by atoms with Gasteiger partial charge in [0.2, 0.25) is 0 Å². The van der Waals surface area contributed by atoms with Crippen LogP contribution in [0.25, 0.3) is 0 Å². The summed E-state index contributed by atoms with van der Waals surface area (Å²) >= 11 is 0. The van der Waals surface area contributed by atoms with Gasteiger partial charge in [-0.15, -0.1) is 0 Å². The SMILES string of the molecule is COCc1ccccc1CNCc1ncc[nH]1. The molecule has 0 aliphatic rings. The van der Waals surface area contributed by atoms with Crippen molar-refractivity contribution in [3.05, 3.63) is 53.6 Å². The number of aromatic amines is 1. The van der Waals surface area contributed by atoms with Gasteiger partial charge in [0, 0.05) is 26.0 Å². The number of H-pyrrole nitrogens is 1. The molecule has 0 aliphatic carbocycles. The molecule has 0 fully saturated rings. The zero-order chi connectivity index (χ0) is 11.9. The first kappa shape index (κ1) is 11.8. The summed E-state index contributed by atoms with van der Waals surface area (Å²) in [7, 11) is 1.72. The molecule has 0 saturated carbocycles. The Morgan fingerprint density at radius 3 is 2.76 bits per heavy atom. The fourth-order valence-electron chi connectivity index (χ4n) is 1.74. The van der Waals surface area contributed by atoms with Gasteiger partial charge in [-0.1, -0.05) is 24.3 Å². The van der Waals surface area contributed by atoms with Gasteiger partial charge in [0.15, 0.2) is 0 Å². The monoisotopic (exact) mass is 231 g/mol. The minimum Gasteiger partial charge on any atom is -0.380 e. The Balaban J connectivity index is 1.89. The molecule has 0 aliphatic heterocycles. The zero-order valence-corrected chi connectivity index (χ0v) is 9.94. The molecule has 0 saturated heterocycles. The van der Waals surface area contributed by atoms with Gasteiger partial charge in [-0.25, -0.2) is 4.98 Å². The van der Waals surface area contributed by atoms with E-state index in [9.17, 15) is 0 Å². The van der Waals surface area contributed by atoms with Crippen molar-refractivity contribution in [2.45, 2.75) is 19.7 Å². The van der Waals surface area contributed by atoms with Crippen molar-refractivity contribution in [1.29, 1.82) is 0 Å². The number of methoxy groups -OCH3 is 1. The van der Waals surface area contributed by atoms with E-state index in [2.05, 4.69) is 27.4 Å². The van der Waals surface area contributed by atoms with Crippen LogP contribution in [0.1, 0.15) is 17.0 Å². The third kappa shape index (κ3) is 3.41. The van der Waals surface area contributed by atoms with Crippen LogP contribution in [-0.2, 0) is 24.4 Å². The molecule has 1 aromatic carbocycles. The highest BCUT2D eigenvalue weighted by Crippen LogP contribution is 2.09. The molecule has 4 nitrogen and oxygen atoms in total. The number of benzene rings is 1. The van der Waals surface area contributed by atoms with Gasteiger partial charge in [-0.05, 0) is 11.1 Å². The zero-order valence-electron chi connectivity index (χ0n) is 9.94. The second kappa shape index (κ2) is 6.18. The highest BCUT2D eigenvalue weighted by atomic mass is 16.5. The Labute approximate surface area is 101 Å². The number of nitrogens with zero attached hydrogens (tertiary/aromatic N) is 1. The molecule has 0 atom stereocenters. The van der Waals surface area contributed by atoms with Gasteiger partial charge >= 0.3 is 0 Å². The lowest BCUT2D eigenvalue weighted by molar-refractivity contribution is 0.184. The van der Waals surface area contributed by atoms with Crippen molar-refractivity contribution >= 4 is 0 Å². The molecule has 17 heavy (non-hydrogen) atoms. The smallest absolute Gasteiger partial charge is 0.120 e. The molecule has 0 bridgehead atoms. The molecule has 2 aromatic rings. The molecule has 4 heteroatoms. The van der Waals surface area contributed by atoms with Crippen molar-refractivity contribution in [3.63, 3.8) is 0 Å². The number of ether oxygens (including phenoxy) is 1. The predicted molar refractivity (Wildman–Crippen MR) is 66.3 cm³/mol. The standard InChI is InChI=1S/C13H17N3O/c1-17-10-12-5-3-2-4-11(12)8-14-9-13-15-6-7-16-13/h2-7,14H,8-10H2,1H3,(H,15,16). The Kier molecular flexibility index (Phi) is 4.30. The third-order valence-corrected chi connectivity index (χ3v) is 2.58. The fraction of sp³-hybridized carbons (Fsp3) is 0.308. The van der Waals surface area contributed by atoms with Gasteiger partial charge in [0.05, 0.1) is 13.2 Å². The van der Waals surface area contributed by atoms with Crippen LogP contribution in [-0.4, -0.2) is 17.1 Å². The van der Waals surface area contributed by atoms with E-state index in [1.165, 1.54) is 11.1 Å². The lowest BCUT2D eigenvalue weighted by Crippen LogP contribution is -2.15. The van der Waals surface area contributed by atoms with Crippen LogP contribution in [0.3, 0.4) is 0 Å². The van der Waals surface area contributed by atoms with E-state index in [-0.39, 0.29) is 0 Å². The van der Waals surface area contributed by atoms with Gasteiger partial charge in [0.1, 0.15) is 5.82 Å². The maximum Gasteiger partial charge on any atom is 0.120 e. The Hall–Kier alpha value is -1.65. The second-order valence-electron chi connectivity index (χ2n) is 3.84. The van der Waals surface area contributed by atoms with Gasteiger partial charge in [-0.3, -0.25) is 0 Å². The second-order valence-corrected chi connectivity index (χ2v) is 3.84. The molecular weight excluding hydrogens is 214 g/mol. The van der Waals surface area contributed by atoms with Crippen molar-refractivity contribution in [1.82, 2.24) is 15.3 Å². The fourth-order valence-corrected chi connectivity index (χ4v) is 1.74. The quantitative estimate of drug-likeness (QED) is 0.797. The maximum absolute atomic E-state index is 5.17. The van der Waals surface area contributed by atoms with Gasteiger partial charge in [-0.2, -0.15) is 0 Å². The van der Waals surface area contributed by atoms with E-state index in [0.29, 0.717) is 6.61 Å². The van der Waals surface area contributed by atoms with Crippen LogP contribution in [0.5, 0.6) is 0 Å². The summed E-state index contributed by atoms with van der Waals surface area (Å²) in [6.07, 6.45) is 3.59. The van der Waals surface area contributed by atoms with Crippen LogP contribution in [0, 0.1) is 0 Å². The molecule has 2 rings (SSSR count). The van der Waals surface area contributed by atoms with Gasteiger partial charge < -0.3 is 15.0 Å². The van der Waals surface area contributed by atoms with Crippen LogP contribution >= 0.6 is 0 Å². The maximum atomic E-state index is 5.17. The van der Waals surface area contributed by atoms with E-state index in [1.54, 1.807) is 13.3 Å². The van der Waals surface area contributed by atoms with Crippen LogP contribution in [0.15, 0.2) is 36.7 Å². The lowest BCUT2D eigenvalue weighted by atomic mass is 10.1. The normalized spacial score (nSPS) is 10.6. The topological polar surface area (TPSA) is 49.9 Å². The van der Waals surface area contributed by atoms with Crippen molar-refractivity contribution < 1.29 is 4.74 Å². The summed E-state index contributed by atoms with van der Waals surface area (Å²) < 4.78 is 5.17. The van der Waals surface area contributed by atoms with Crippen LogP contribution in [0.4, 0.5) is 0 Å². The summed E-state index contributed by atoms with van der Waals surface area (Å²) in [4.78, 5) is 7.23. The number of aromatic nitrogens is 2. The first-order valence-electron chi connectivity index (χ1n) is 5.65. The van der Waals surface area contributed by atoms with Crippen molar-refractivity contribution in [2.24, 2.45) is 0 Å². The van der Waals surface area contributed by atoms with Crippen molar-refractivity contribution in [3.8, 4) is 0 Å². The molecule has 1 aromatic heterocycles. The highest BCUT2D eigenvalue weighted by molar-refractivity contribution is 5.26. The molecular formula is C13H17N3O. The first-order chi connectivity index (χ1) is 8.40. The summed E-state index contributed by atoms with van der Waals surface area (Å²) in [6, 6.07) is 8.28. The number of nitrogens with one attached hydrogen (secondary N) is 2. The highest BCUT2D eigenvalue weighted by Gasteiger charge is 2.01. The Morgan fingerprint density at radius 2 is 2.06 bits per heavy atom. The summed E-state index contributed by atoms with van der Waals surface area (Å²) in [5.74, 6) is 0.953.